The lowest BCUT2D eigenvalue weighted by atomic mass is 9.99. The molecule has 1 aromatic rings. The maximum atomic E-state index is 11.9. The van der Waals surface area contributed by atoms with Crippen LogP contribution in [0.2, 0.25) is 0 Å². The summed E-state index contributed by atoms with van der Waals surface area (Å²) in [5, 5.41) is 6.47. The van der Waals surface area contributed by atoms with Crippen LogP contribution in [0.4, 0.5) is 0 Å². The van der Waals surface area contributed by atoms with Gasteiger partial charge < -0.3 is 15.5 Å². The Kier molecular flexibility index (Phi) is 8.10. The Morgan fingerprint density at radius 2 is 1.89 bits per heavy atom. The molecule has 2 N–H and O–H groups in total. The molecule has 1 heterocycles. The van der Waals surface area contributed by atoms with Gasteiger partial charge >= 0.3 is 0 Å². The summed E-state index contributed by atoms with van der Waals surface area (Å²) in [7, 11) is 1.84. The molecular formula is C21H35N5O. The molecule has 1 fully saturated rings. The molecule has 6 heteroatoms. The number of nitrogens with one attached hydrogen (secondary N) is 2. The van der Waals surface area contributed by atoms with Gasteiger partial charge in [-0.05, 0) is 32.3 Å². The normalized spacial score (nSPS) is 17.1. The predicted octanol–water partition coefficient (Wildman–Crippen LogP) is 1.82. The van der Waals surface area contributed by atoms with Gasteiger partial charge in [0.05, 0.1) is 6.54 Å². The van der Waals surface area contributed by atoms with E-state index in [9.17, 15) is 4.79 Å². The van der Waals surface area contributed by atoms with Crippen LogP contribution in [0, 0.1) is 6.92 Å². The van der Waals surface area contributed by atoms with Crippen molar-refractivity contribution >= 4 is 11.9 Å². The monoisotopic (exact) mass is 373 g/mol. The van der Waals surface area contributed by atoms with Crippen molar-refractivity contribution < 1.29 is 4.79 Å². The van der Waals surface area contributed by atoms with Crippen molar-refractivity contribution in [1.29, 1.82) is 0 Å². The third-order valence-corrected chi connectivity index (χ3v) is 4.88. The zero-order chi connectivity index (χ0) is 19.8. The van der Waals surface area contributed by atoms with Crippen LogP contribution < -0.4 is 10.6 Å². The number of aliphatic imine (C=N–C) groups is 1. The van der Waals surface area contributed by atoms with Crippen LogP contribution in [0.25, 0.3) is 0 Å². The third-order valence-electron chi connectivity index (χ3n) is 4.88. The molecule has 0 spiro atoms. The molecule has 1 unspecified atom stereocenters. The number of piperazine rings is 1. The van der Waals surface area contributed by atoms with Crippen LogP contribution in [0.15, 0.2) is 29.3 Å². The zero-order valence-corrected chi connectivity index (χ0v) is 17.5. The number of hydrogen-bond donors (Lipinski definition) is 2. The molecule has 1 atom stereocenters. The number of aryl methyl sites for hydroxylation is 1. The van der Waals surface area contributed by atoms with Gasteiger partial charge in [-0.1, -0.05) is 36.8 Å². The molecule has 1 aliphatic rings. The number of nitrogens with zero attached hydrogens (tertiary/aromatic N) is 3. The minimum absolute atomic E-state index is 0.105. The van der Waals surface area contributed by atoms with Gasteiger partial charge in [0, 0.05) is 45.8 Å². The molecule has 0 bridgehead atoms. The highest BCUT2D eigenvalue weighted by molar-refractivity contribution is 5.80. The second-order valence-electron chi connectivity index (χ2n) is 7.73. The first kappa shape index (κ1) is 21.2. The summed E-state index contributed by atoms with van der Waals surface area (Å²) in [5.41, 5.74) is 2.64. The van der Waals surface area contributed by atoms with Gasteiger partial charge in [-0.15, -0.1) is 0 Å². The maximum Gasteiger partial charge on any atom is 0.234 e. The maximum absolute atomic E-state index is 11.9. The first-order chi connectivity index (χ1) is 12.9. The smallest absolute Gasteiger partial charge is 0.234 e. The molecular weight excluding hydrogens is 338 g/mol. The number of amides is 1. The third kappa shape index (κ3) is 6.86. The largest absolute Gasteiger partial charge is 0.356 e. The molecule has 27 heavy (non-hydrogen) atoms. The van der Waals surface area contributed by atoms with Crippen LogP contribution in [0.1, 0.15) is 37.8 Å². The summed E-state index contributed by atoms with van der Waals surface area (Å²) in [4.78, 5) is 20.9. The topological polar surface area (TPSA) is 60.0 Å². The molecule has 0 saturated carbocycles. The highest BCUT2D eigenvalue weighted by Gasteiger charge is 2.21. The van der Waals surface area contributed by atoms with Crippen LogP contribution in [0.3, 0.4) is 0 Å². The van der Waals surface area contributed by atoms with Crippen molar-refractivity contribution in [2.45, 2.75) is 39.7 Å². The molecule has 0 radical (unpaired) electrons. The van der Waals surface area contributed by atoms with Crippen LogP contribution in [0.5, 0.6) is 0 Å². The van der Waals surface area contributed by atoms with Gasteiger partial charge in [0.2, 0.25) is 5.91 Å². The molecule has 0 aromatic heterocycles. The van der Waals surface area contributed by atoms with E-state index in [0.29, 0.717) is 12.5 Å². The van der Waals surface area contributed by atoms with Crippen LogP contribution in [-0.2, 0) is 4.79 Å². The average molecular weight is 374 g/mol. The van der Waals surface area contributed by atoms with E-state index in [4.69, 9.17) is 0 Å². The van der Waals surface area contributed by atoms with E-state index in [1.54, 1.807) is 0 Å². The number of hydrogen-bond acceptors (Lipinski definition) is 3. The lowest BCUT2D eigenvalue weighted by Crippen LogP contribution is -2.54. The Morgan fingerprint density at radius 1 is 1.19 bits per heavy atom. The Labute approximate surface area is 164 Å². The minimum atomic E-state index is 0.105. The van der Waals surface area contributed by atoms with Gasteiger partial charge in [-0.25, -0.2) is 0 Å². The second-order valence-corrected chi connectivity index (χ2v) is 7.73. The zero-order valence-electron chi connectivity index (χ0n) is 17.5. The summed E-state index contributed by atoms with van der Waals surface area (Å²) >= 11 is 0. The van der Waals surface area contributed by atoms with Crippen molar-refractivity contribution in [2.24, 2.45) is 4.99 Å². The Morgan fingerprint density at radius 3 is 2.48 bits per heavy atom. The van der Waals surface area contributed by atoms with Gasteiger partial charge in [-0.2, -0.15) is 0 Å². The first-order valence-electron chi connectivity index (χ1n) is 9.93. The highest BCUT2D eigenvalue weighted by atomic mass is 16.2. The summed E-state index contributed by atoms with van der Waals surface area (Å²) in [6.07, 6.45) is 0. The summed E-state index contributed by atoms with van der Waals surface area (Å²) in [6, 6.07) is 8.87. The van der Waals surface area contributed by atoms with E-state index in [-0.39, 0.29) is 11.9 Å². The number of rotatable bonds is 6. The molecule has 1 amide bonds. The average Bonchev–Trinajstić information content (AvgIpc) is 2.62. The summed E-state index contributed by atoms with van der Waals surface area (Å²) in [5.74, 6) is 1.47. The van der Waals surface area contributed by atoms with E-state index in [1.807, 2.05) is 20.9 Å². The molecule has 1 saturated heterocycles. The van der Waals surface area contributed by atoms with E-state index in [1.165, 1.54) is 11.1 Å². The van der Waals surface area contributed by atoms with Crippen molar-refractivity contribution in [3.8, 4) is 0 Å². The Balaban J connectivity index is 1.79. The van der Waals surface area contributed by atoms with E-state index < -0.39 is 0 Å². The molecule has 0 aliphatic carbocycles. The summed E-state index contributed by atoms with van der Waals surface area (Å²) < 4.78 is 0. The van der Waals surface area contributed by atoms with Crippen molar-refractivity contribution in [3.05, 3.63) is 35.4 Å². The number of carbonyl (C=O) groups is 1. The number of benzene rings is 1. The van der Waals surface area contributed by atoms with E-state index in [0.717, 1.165) is 38.7 Å². The molecule has 6 nitrogen and oxygen atoms in total. The van der Waals surface area contributed by atoms with Crippen molar-refractivity contribution in [3.63, 3.8) is 0 Å². The van der Waals surface area contributed by atoms with Crippen LogP contribution in [-0.4, -0.2) is 74.0 Å². The fraction of sp³-hybridized carbons (Fsp3) is 0.619. The first-order valence-corrected chi connectivity index (χ1v) is 9.93. The Hall–Kier alpha value is -2.08. The quantitative estimate of drug-likeness (QED) is 0.590. The second kappa shape index (κ2) is 10.3. The van der Waals surface area contributed by atoms with E-state index >= 15 is 0 Å². The number of carbonyl (C=O) groups excluding carboxylic acids is 1. The minimum Gasteiger partial charge on any atom is -0.356 e. The van der Waals surface area contributed by atoms with Crippen LogP contribution >= 0.6 is 0 Å². The van der Waals surface area contributed by atoms with Gasteiger partial charge in [0.25, 0.3) is 0 Å². The predicted molar refractivity (Wildman–Crippen MR) is 112 cm³/mol. The lowest BCUT2D eigenvalue weighted by Gasteiger charge is -2.36. The molecule has 1 aromatic carbocycles. The summed E-state index contributed by atoms with van der Waals surface area (Å²) in [6.45, 7) is 13.2. The highest BCUT2D eigenvalue weighted by Crippen LogP contribution is 2.15. The standard InChI is InChI=1S/C21H35N5O/c1-16(2)24-20(27)15-25-9-11-26(12-10-25)21(22-5)23-14-18(4)19-8-6-7-17(3)13-19/h6-8,13,16,18H,9-12,14-15H2,1-5H3,(H,22,23)(H,24,27). The molecule has 2 rings (SSSR count). The van der Waals surface area contributed by atoms with E-state index in [2.05, 4.69) is 63.5 Å². The van der Waals surface area contributed by atoms with Gasteiger partial charge in [-0.3, -0.25) is 14.7 Å². The number of guanidine groups is 1. The van der Waals surface area contributed by atoms with Crippen molar-refractivity contribution in [1.82, 2.24) is 20.4 Å². The SMILES string of the molecule is CN=C(NCC(C)c1cccc(C)c1)N1CCN(CC(=O)NC(C)C)CC1. The Bertz CT molecular complexity index is 635. The van der Waals surface area contributed by atoms with Gasteiger partial charge in [0.15, 0.2) is 5.96 Å². The van der Waals surface area contributed by atoms with Crippen molar-refractivity contribution in [2.75, 3.05) is 46.3 Å². The van der Waals surface area contributed by atoms with Gasteiger partial charge in [0.1, 0.15) is 0 Å². The molecule has 150 valence electrons. The molecule has 1 aliphatic heterocycles. The fourth-order valence-electron chi connectivity index (χ4n) is 3.36. The fourth-order valence-corrected chi connectivity index (χ4v) is 3.36. The lowest BCUT2D eigenvalue weighted by molar-refractivity contribution is -0.123.